The van der Waals surface area contributed by atoms with Crippen molar-refractivity contribution in [2.45, 2.75) is 12.8 Å². The molecule has 8 heteroatoms. The molecular formula is C10H14F2N4O2. The summed E-state index contributed by atoms with van der Waals surface area (Å²) in [4.78, 5) is 13.2. The summed E-state index contributed by atoms with van der Waals surface area (Å²) in [5.41, 5.74) is 0.656. The minimum Gasteiger partial charge on any atom is -0.373 e. The molecule has 1 aromatic rings. The van der Waals surface area contributed by atoms with Crippen LogP contribution >= 0.6 is 0 Å². The van der Waals surface area contributed by atoms with Gasteiger partial charge in [-0.05, 0) is 6.92 Å². The number of halogens is 2. The molecule has 100 valence electrons. The zero-order valence-electron chi connectivity index (χ0n) is 10.2. The monoisotopic (exact) mass is 260 g/mol. The normalized spacial score (nSPS) is 19.7. The Morgan fingerprint density at radius 1 is 1.50 bits per heavy atom. The zero-order valence-corrected chi connectivity index (χ0v) is 10.2. The number of aromatic nitrogens is 3. The SMILES string of the molecule is Cc1c(C(=O)N2CCOCC(F)(F)C2)nnn1C. The second-order valence-electron chi connectivity index (χ2n) is 4.28. The highest BCUT2D eigenvalue weighted by atomic mass is 19.3. The molecule has 0 atom stereocenters. The van der Waals surface area contributed by atoms with Gasteiger partial charge in [-0.25, -0.2) is 8.78 Å². The standard InChI is InChI=1S/C10H14F2N4O2/c1-7-8(13-14-15(7)2)9(17)16-3-4-18-6-10(11,12)5-16/h3-6H2,1-2H3. The first-order valence-corrected chi connectivity index (χ1v) is 5.52. The number of hydrogen-bond donors (Lipinski definition) is 0. The Balaban J connectivity index is 2.20. The van der Waals surface area contributed by atoms with Crippen molar-refractivity contribution in [1.82, 2.24) is 19.9 Å². The van der Waals surface area contributed by atoms with E-state index in [1.54, 1.807) is 14.0 Å². The van der Waals surface area contributed by atoms with Crippen LogP contribution in [0.3, 0.4) is 0 Å². The molecule has 1 aliphatic rings. The zero-order chi connectivity index (χ0) is 13.3. The largest absolute Gasteiger partial charge is 0.373 e. The summed E-state index contributed by atoms with van der Waals surface area (Å²) >= 11 is 0. The lowest BCUT2D eigenvalue weighted by Gasteiger charge is -2.22. The molecule has 0 aromatic carbocycles. The number of rotatable bonds is 1. The van der Waals surface area contributed by atoms with Gasteiger partial charge >= 0.3 is 0 Å². The van der Waals surface area contributed by atoms with E-state index in [-0.39, 0.29) is 18.8 Å². The lowest BCUT2D eigenvalue weighted by molar-refractivity contribution is -0.0661. The molecule has 1 amide bonds. The van der Waals surface area contributed by atoms with Crippen LogP contribution in [0, 0.1) is 6.92 Å². The molecule has 0 bridgehead atoms. The number of carbonyl (C=O) groups excluding carboxylic acids is 1. The van der Waals surface area contributed by atoms with Crippen molar-refractivity contribution < 1.29 is 18.3 Å². The third kappa shape index (κ3) is 2.47. The van der Waals surface area contributed by atoms with Crippen LogP contribution in [0.5, 0.6) is 0 Å². The molecule has 1 saturated heterocycles. The number of ether oxygens (including phenoxy) is 1. The van der Waals surface area contributed by atoms with Gasteiger partial charge in [0.1, 0.15) is 6.61 Å². The van der Waals surface area contributed by atoms with Crippen LogP contribution in [0.1, 0.15) is 16.2 Å². The van der Waals surface area contributed by atoms with Gasteiger partial charge in [-0.15, -0.1) is 5.10 Å². The summed E-state index contributed by atoms with van der Waals surface area (Å²) in [6, 6.07) is 0. The number of alkyl halides is 2. The third-order valence-corrected chi connectivity index (χ3v) is 2.84. The Labute approximate surface area is 103 Å². The molecule has 0 unspecified atom stereocenters. The smallest absolute Gasteiger partial charge is 0.288 e. The summed E-state index contributed by atoms with van der Waals surface area (Å²) in [5.74, 6) is -3.56. The van der Waals surface area contributed by atoms with Crippen LogP contribution in [-0.2, 0) is 11.8 Å². The van der Waals surface area contributed by atoms with Crippen LogP contribution in [-0.4, -0.2) is 58.0 Å². The highest BCUT2D eigenvalue weighted by Crippen LogP contribution is 2.20. The lowest BCUT2D eigenvalue weighted by atomic mass is 10.2. The topological polar surface area (TPSA) is 60.3 Å². The molecule has 0 N–H and O–H groups in total. The van der Waals surface area contributed by atoms with Crippen molar-refractivity contribution in [2.24, 2.45) is 7.05 Å². The third-order valence-electron chi connectivity index (χ3n) is 2.84. The molecule has 18 heavy (non-hydrogen) atoms. The summed E-state index contributed by atoms with van der Waals surface area (Å²) in [5, 5.41) is 7.40. The second-order valence-corrected chi connectivity index (χ2v) is 4.28. The molecule has 1 aromatic heterocycles. The van der Waals surface area contributed by atoms with Gasteiger partial charge in [0, 0.05) is 13.6 Å². The van der Waals surface area contributed by atoms with Crippen LogP contribution in [0.25, 0.3) is 0 Å². The van der Waals surface area contributed by atoms with Gasteiger partial charge in [0.05, 0.1) is 18.8 Å². The van der Waals surface area contributed by atoms with Gasteiger partial charge < -0.3 is 9.64 Å². The minimum absolute atomic E-state index is 0.0979. The van der Waals surface area contributed by atoms with Gasteiger partial charge in [0.25, 0.3) is 11.8 Å². The van der Waals surface area contributed by atoms with E-state index in [0.29, 0.717) is 5.69 Å². The molecule has 0 radical (unpaired) electrons. The second kappa shape index (κ2) is 4.60. The van der Waals surface area contributed by atoms with Crippen LogP contribution in [0.2, 0.25) is 0 Å². The fourth-order valence-corrected chi connectivity index (χ4v) is 1.73. The Morgan fingerprint density at radius 2 is 2.22 bits per heavy atom. The predicted octanol–water partition coefficient (Wildman–Crippen LogP) is 0.231. The number of amides is 1. The molecule has 2 heterocycles. The van der Waals surface area contributed by atoms with Crippen LogP contribution < -0.4 is 0 Å². The van der Waals surface area contributed by atoms with E-state index in [1.165, 1.54) is 4.68 Å². The van der Waals surface area contributed by atoms with Gasteiger partial charge in [-0.2, -0.15) is 0 Å². The van der Waals surface area contributed by atoms with E-state index >= 15 is 0 Å². The quantitative estimate of drug-likeness (QED) is 0.725. The summed E-state index contributed by atoms with van der Waals surface area (Å²) < 4.78 is 32.9. The Kier molecular flexibility index (Phi) is 3.29. The fraction of sp³-hybridized carbons (Fsp3) is 0.700. The molecule has 6 nitrogen and oxygen atoms in total. The first-order chi connectivity index (χ1) is 8.41. The number of carbonyl (C=O) groups is 1. The maximum Gasteiger partial charge on any atom is 0.288 e. The van der Waals surface area contributed by atoms with Gasteiger partial charge in [-0.1, -0.05) is 5.21 Å². The molecule has 0 aliphatic carbocycles. The molecule has 0 spiro atoms. The fourth-order valence-electron chi connectivity index (χ4n) is 1.73. The highest BCUT2D eigenvalue weighted by molar-refractivity contribution is 5.93. The summed E-state index contributed by atoms with van der Waals surface area (Å²) in [7, 11) is 1.64. The van der Waals surface area contributed by atoms with Crippen molar-refractivity contribution >= 4 is 5.91 Å². The average Bonchev–Trinajstić information content (AvgIpc) is 2.52. The summed E-state index contributed by atoms with van der Waals surface area (Å²) in [6.07, 6.45) is 0. The predicted molar refractivity (Wildman–Crippen MR) is 57.4 cm³/mol. The van der Waals surface area contributed by atoms with Crippen molar-refractivity contribution in [3.8, 4) is 0 Å². The van der Waals surface area contributed by atoms with E-state index in [2.05, 4.69) is 10.3 Å². The Hall–Kier alpha value is -1.57. The van der Waals surface area contributed by atoms with Crippen molar-refractivity contribution in [2.75, 3.05) is 26.3 Å². The Bertz CT molecular complexity index is 461. The molecule has 0 saturated carbocycles. The van der Waals surface area contributed by atoms with Crippen LogP contribution in [0.4, 0.5) is 8.78 Å². The molecule has 2 rings (SSSR count). The average molecular weight is 260 g/mol. The first kappa shape index (κ1) is 12.9. The van der Waals surface area contributed by atoms with E-state index in [9.17, 15) is 13.6 Å². The molecule has 1 fully saturated rings. The lowest BCUT2D eigenvalue weighted by Crippen LogP contribution is -2.41. The number of aryl methyl sites for hydroxylation is 1. The van der Waals surface area contributed by atoms with E-state index in [1.807, 2.05) is 0 Å². The molecular weight excluding hydrogens is 246 g/mol. The van der Waals surface area contributed by atoms with E-state index in [0.717, 1.165) is 4.90 Å². The number of hydrogen-bond acceptors (Lipinski definition) is 4. The van der Waals surface area contributed by atoms with Gasteiger partial charge in [-0.3, -0.25) is 9.48 Å². The Morgan fingerprint density at radius 3 is 2.83 bits per heavy atom. The highest BCUT2D eigenvalue weighted by Gasteiger charge is 2.37. The van der Waals surface area contributed by atoms with Crippen molar-refractivity contribution in [1.29, 1.82) is 0 Å². The van der Waals surface area contributed by atoms with Crippen molar-refractivity contribution in [3.63, 3.8) is 0 Å². The van der Waals surface area contributed by atoms with Crippen LogP contribution in [0.15, 0.2) is 0 Å². The minimum atomic E-state index is -3.03. The maximum atomic E-state index is 13.3. The van der Waals surface area contributed by atoms with Gasteiger partial charge in [0.2, 0.25) is 0 Å². The summed E-state index contributed by atoms with van der Waals surface area (Å²) in [6.45, 7) is 0.586. The first-order valence-electron chi connectivity index (χ1n) is 5.52. The molecule has 1 aliphatic heterocycles. The number of nitrogens with zero attached hydrogens (tertiary/aromatic N) is 4. The van der Waals surface area contributed by atoms with Crippen molar-refractivity contribution in [3.05, 3.63) is 11.4 Å². The maximum absolute atomic E-state index is 13.3. The van der Waals surface area contributed by atoms with E-state index in [4.69, 9.17) is 4.74 Å². The van der Waals surface area contributed by atoms with E-state index < -0.39 is 25.0 Å². The van der Waals surface area contributed by atoms with Gasteiger partial charge in [0.15, 0.2) is 5.69 Å².